The van der Waals surface area contributed by atoms with Gasteiger partial charge in [-0.05, 0) is 30.5 Å². The summed E-state index contributed by atoms with van der Waals surface area (Å²) in [6.45, 7) is 5.97. The summed E-state index contributed by atoms with van der Waals surface area (Å²) in [5.41, 5.74) is 2.59. The van der Waals surface area contributed by atoms with Crippen molar-refractivity contribution in [3.8, 4) is 11.3 Å². The van der Waals surface area contributed by atoms with Gasteiger partial charge in [0.1, 0.15) is 17.3 Å². The van der Waals surface area contributed by atoms with Crippen LogP contribution in [0.25, 0.3) is 11.3 Å². The van der Waals surface area contributed by atoms with Crippen molar-refractivity contribution in [2.45, 2.75) is 26.7 Å². The number of rotatable bonds is 2. The lowest BCUT2D eigenvalue weighted by atomic mass is 9.95. The van der Waals surface area contributed by atoms with E-state index in [-0.39, 0.29) is 5.82 Å². The minimum absolute atomic E-state index is 0.250. The van der Waals surface area contributed by atoms with E-state index in [4.69, 9.17) is 4.52 Å². The molecule has 2 rings (SSSR count). The maximum atomic E-state index is 13.2. The Kier molecular flexibility index (Phi) is 2.77. The van der Waals surface area contributed by atoms with Crippen molar-refractivity contribution in [2.24, 2.45) is 0 Å². The topological polar surface area (TPSA) is 26.0 Å². The largest absolute Gasteiger partial charge is 0.361 e. The van der Waals surface area contributed by atoms with Gasteiger partial charge in [-0.1, -0.05) is 25.1 Å². The molecule has 84 valence electrons. The molecule has 0 spiro atoms. The number of aryl methyl sites for hydroxylation is 1. The van der Waals surface area contributed by atoms with E-state index in [0.29, 0.717) is 11.6 Å². The van der Waals surface area contributed by atoms with E-state index < -0.39 is 0 Å². The van der Waals surface area contributed by atoms with Gasteiger partial charge in [0.05, 0.1) is 0 Å². The first-order valence-corrected chi connectivity index (χ1v) is 5.31. The SMILES string of the molecule is Cc1cc(-c2cc(F)ccc2C(C)C)no1. The predicted molar refractivity (Wildman–Crippen MR) is 60.7 cm³/mol. The minimum atomic E-state index is -0.250. The molecule has 0 aliphatic heterocycles. The molecule has 16 heavy (non-hydrogen) atoms. The third-order valence-electron chi connectivity index (χ3n) is 2.54. The van der Waals surface area contributed by atoms with Crippen LogP contribution in [0.3, 0.4) is 0 Å². The van der Waals surface area contributed by atoms with Gasteiger partial charge >= 0.3 is 0 Å². The number of hydrogen-bond acceptors (Lipinski definition) is 2. The lowest BCUT2D eigenvalue weighted by Gasteiger charge is -2.10. The van der Waals surface area contributed by atoms with Gasteiger partial charge in [0.2, 0.25) is 0 Å². The Morgan fingerprint density at radius 2 is 2.00 bits per heavy atom. The molecule has 2 aromatic rings. The summed E-state index contributed by atoms with van der Waals surface area (Å²) in [5, 5.41) is 3.93. The first kappa shape index (κ1) is 10.9. The highest BCUT2D eigenvalue weighted by molar-refractivity contribution is 5.64. The van der Waals surface area contributed by atoms with Crippen LogP contribution in [0, 0.1) is 12.7 Å². The van der Waals surface area contributed by atoms with Gasteiger partial charge in [-0.15, -0.1) is 0 Å². The molecule has 0 N–H and O–H groups in total. The summed E-state index contributed by atoms with van der Waals surface area (Å²) in [7, 11) is 0. The first-order valence-electron chi connectivity index (χ1n) is 5.31. The summed E-state index contributed by atoms with van der Waals surface area (Å²) in [6, 6.07) is 6.61. The Morgan fingerprint density at radius 1 is 1.25 bits per heavy atom. The molecule has 1 aromatic heterocycles. The van der Waals surface area contributed by atoms with Crippen molar-refractivity contribution in [3.05, 3.63) is 41.4 Å². The standard InChI is InChI=1S/C13H14FNO/c1-8(2)11-5-4-10(14)7-12(11)13-6-9(3)16-15-13/h4-8H,1-3H3. The van der Waals surface area contributed by atoms with Crippen LogP contribution in [0.5, 0.6) is 0 Å². The third-order valence-corrected chi connectivity index (χ3v) is 2.54. The molecule has 0 bridgehead atoms. The van der Waals surface area contributed by atoms with Crippen LogP contribution < -0.4 is 0 Å². The predicted octanol–water partition coefficient (Wildman–Crippen LogP) is 3.91. The first-order chi connectivity index (χ1) is 7.58. The van der Waals surface area contributed by atoms with Gasteiger partial charge in [0.15, 0.2) is 0 Å². The molecule has 2 nitrogen and oxygen atoms in total. The van der Waals surface area contributed by atoms with E-state index in [1.807, 2.05) is 13.0 Å². The van der Waals surface area contributed by atoms with E-state index in [1.54, 1.807) is 6.07 Å². The second-order valence-corrected chi connectivity index (χ2v) is 4.21. The number of benzene rings is 1. The summed E-state index contributed by atoms with van der Waals surface area (Å²) < 4.78 is 18.3. The molecule has 0 atom stereocenters. The van der Waals surface area contributed by atoms with Crippen LogP contribution in [0.4, 0.5) is 4.39 Å². The van der Waals surface area contributed by atoms with Gasteiger partial charge < -0.3 is 4.52 Å². The molecular weight excluding hydrogens is 205 g/mol. The van der Waals surface area contributed by atoms with E-state index in [9.17, 15) is 4.39 Å². The second-order valence-electron chi connectivity index (χ2n) is 4.21. The lowest BCUT2D eigenvalue weighted by Crippen LogP contribution is -1.93. The molecule has 0 saturated heterocycles. The van der Waals surface area contributed by atoms with E-state index in [0.717, 1.165) is 16.9 Å². The Morgan fingerprint density at radius 3 is 2.56 bits per heavy atom. The van der Waals surface area contributed by atoms with Crippen molar-refractivity contribution < 1.29 is 8.91 Å². The quantitative estimate of drug-likeness (QED) is 0.765. The Bertz CT molecular complexity index is 502. The molecule has 0 aliphatic carbocycles. The van der Waals surface area contributed by atoms with Crippen molar-refractivity contribution in [3.63, 3.8) is 0 Å². The Balaban J connectivity index is 2.57. The van der Waals surface area contributed by atoms with Crippen LogP contribution >= 0.6 is 0 Å². The zero-order chi connectivity index (χ0) is 11.7. The molecule has 3 heteroatoms. The van der Waals surface area contributed by atoms with Crippen molar-refractivity contribution in [1.29, 1.82) is 0 Å². The maximum Gasteiger partial charge on any atom is 0.134 e. The molecule has 0 radical (unpaired) electrons. The van der Waals surface area contributed by atoms with Crippen molar-refractivity contribution >= 4 is 0 Å². The molecule has 0 fully saturated rings. The molecule has 0 aliphatic rings. The van der Waals surface area contributed by atoms with Crippen molar-refractivity contribution in [2.75, 3.05) is 0 Å². The Hall–Kier alpha value is -1.64. The third kappa shape index (κ3) is 1.98. The number of hydrogen-bond donors (Lipinski definition) is 0. The average Bonchev–Trinajstić information content (AvgIpc) is 2.64. The van der Waals surface area contributed by atoms with Gasteiger partial charge in [0.25, 0.3) is 0 Å². The fourth-order valence-electron chi connectivity index (χ4n) is 1.75. The molecule has 1 heterocycles. The molecule has 0 unspecified atom stereocenters. The summed E-state index contributed by atoms with van der Waals surface area (Å²) in [4.78, 5) is 0. The van der Waals surface area contributed by atoms with Crippen LogP contribution in [0.15, 0.2) is 28.8 Å². The zero-order valence-electron chi connectivity index (χ0n) is 9.62. The van der Waals surface area contributed by atoms with Gasteiger partial charge in [-0.2, -0.15) is 0 Å². The number of halogens is 1. The summed E-state index contributed by atoms with van der Waals surface area (Å²) in [6.07, 6.45) is 0. The van der Waals surface area contributed by atoms with Crippen LogP contribution in [-0.2, 0) is 0 Å². The van der Waals surface area contributed by atoms with Gasteiger partial charge in [-0.25, -0.2) is 4.39 Å². The summed E-state index contributed by atoms with van der Waals surface area (Å²) in [5.74, 6) is 0.807. The van der Waals surface area contributed by atoms with Crippen molar-refractivity contribution in [1.82, 2.24) is 5.16 Å². The second kappa shape index (κ2) is 4.08. The minimum Gasteiger partial charge on any atom is -0.361 e. The normalized spacial score (nSPS) is 11.1. The average molecular weight is 219 g/mol. The Labute approximate surface area is 94.1 Å². The molecule has 0 saturated carbocycles. The van der Waals surface area contributed by atoms with Gasteiger partial charge in [-0.3, -0.25) is 0 Å². The highest BCUT2D eigenvalue weighted by Gasteiger charge is 2.12. The molecule has 0 amide bonds. The van der Waals surface area contributed by atoms with E-state index in [2.05, 4.69) is 19.0 Å². The van der Waals surface area contributed by atoms with E-state index in [1.165, 1.54) is 12.1 Å². The van der Waals surface area contributed by atoms with E-state index >= 15 is 0 Å². The fraction of sp³-hybridized carbons (Fsp3) is 0.308. The molecular formula is C13H14FNO. The zero-order valence-corrected chi connectivity index (χ0v) is 9.62. The van der Waals surface area contributed by atoms with Crippen LogP contribution in [0.2, 0.25) is 0 Å². The molecule has 1 aromatic carbocycles. The lowest BCUT2D eigenvalue weighted by molar-refractivity contribution is 0.399. The highest BCUT2D eigenvalue weighted by Crippen LogP contribution is 2.29. The monoisotopic (exact) mass is 219 g/mol. The highest BCUT2D eigenvalue weighted by atomic mass is 19.1. The number of aromatic nitrogens is 1. The van der Waals surface area contributed by atoms with Gasteiger partial charge in [0, 0.05) is 11.6 Å². The number of nitrogens with zero attached hydrogens (tertiary/aromatic N) is 1. The summed E-state index contributed by atoms with van der Waals surface area (Å²) >= 11 is 0. The fourth-order valence-corrected chi connectivity index (χ4v) is 1.75. The van der Waals surface area contributed by atoms with Crippen LogP contribution in [-0.4, -0.2) is 5.16 Å². The van der Waals surface area contributed by atoms with Crippen LogP contribution in [0.1, 0.15) is 31.1 Å². The maximum absolute atomic E-state index is 13.2. The smallest absolute Gasteiger partial charge is 0.134 e.